The average Bonchev–Trinajstić information content (AvgIpc) is 2.92. The molecule has 0 bridgehead atoms. The molecule has 1 aliphatic heterocycles. The van der Waals surface area contributed by atoms with Gasteiger partial charge in [-0.05, 0) is 38.5 Å². The number of nitrogens with one attached hydrogen (secondary N) is 1. The Morgan fingerprint density at radius 1 is 1.47 bits per heavy atom. The third-order valence-electron chi connectivity index (χ3n) is 3.10. The molecule has 102 valence electrons. The molecule has 6 heteroatoms. The summed E-state index contributed by atoms with van der Waals surface area (Å²) in [5.41, 5.74) is 1.98. The topological polar surface area (TPSA) is 60.7 Å². The van der Waals surface area contributed by atoms with Crippen molar-refractivity contribution in [3.8, 4) is 0 Å². The van der Waals surface area contributed by atoms with Gasteiger partial charge in [0.15, 0.2) is 11.4 Å². The fraction of sp³-hybridized carbons (Fsp3) is 0.538. The molecule has 0 aromatic carbocycles. The summed E-state index contributed by atoms with van der Waals surface area (Å²) in [5, 5.41) is 7.55. The number of pyridine rings is 1. The van der Waals surface area contributed by atoms with E-state index in [0.29, 0.717) is 13.2 Å². The van der Waals surface area contributed by atoms with Crippen molar-refractivity contribution in [1.29, 1.82) is 0 Å². The van der Waals surface area contributed by atoms with E-state index in [1.807, 2.05) is 32.9 Å². The third kappa shape index (κ3) is 2.54. The first-order chi connectivity index (χ1) is 9.03. The molecule has 1 atom stereocenters. The lowest BCUT2D eigenvalue weighted by atomic mass is 10.3. The average molecular weight is 262 g/mol. The standard InChI is InChI=1S/C13H18N4O2/c1-9-4-11(17-12(5-9)15-8-16-17)14-6-10-7-18-13(2,3)19-10/h4-5,8,10,14H,6-7H2,1-3H3. The van der Waals surface area contributed by atoms with Crippen LogP contribution in [0.3, 0.4) is 0 Å². The number of hydrogen-bond donors (Lipinski definition) is 1. The quantitative estimate of drug-likeness (QED) is 0.910. The number of nitrogens with zero attached hydrogens (tertiary/aromatic N) is 3. The van der Waals surface area contributed by atoms with Gasteiger partial charge in [-0.1, -0.05) is 0 Å². The molecule has 1 N–H and O–H groups in total. The SMILES string of the molecule is Cc1cc(NCC2COC(C)(C)O2)n2ncnc2c1. The van der Waals surface area contributed by atoms with Gasteiger partial charge < -0.3 is 14.8 Å². The van der Waals surface area contributed by atoms with Crippen LogP contribution in [0, 0.1) is 6.92 Å². The third-order valence-corrected chi connectivity index (χ3v) is 3.10. The van der Waals surface area contributed by atoms with Crippen molar-refractivity contribution in [3.63, 3.8) is 0 Å². The van der Waals surface area contributed by atoms with Gasteiger partial charge in [-0.2, -0.15) is 9.61 Å². The van der Waals surface area contributed by atoms with Crippen molar-refractivity contribution in [2.24, 2.45) is 0 Å². The molecular formula is C13H18N4O2. The Kier molecular flexibility index (Phi) is 2.91. The number of hydrogen-bond acceptors (Lipinski definition) is 5. The zero-order valence-corrected chi connectivity index (χ0v) is 11.4. The van der Waals surface area contributed by atoms with E-state index in [1.54, 1.807) is 10.8 Å². The highest BCUT2D eigenvalue weighted by Crippen LogP contribution is 2.22. The van der Waals surface area contributed by atoms with Crippen molar-refractivity contribution in [2.45, 2.75) is 32.7 Å². The molecule has 0 aliphatic carbocycles. The monoisotopic (exact) mass is 262 g/mol. The molecule has 1 fully saturated rings. The van der Waals surface area contributed by atoms with Crippen molar-refractivity contribution in [1.82, 2.24) is 14.6 Å². The van der Waals surface area contributed by atoms with Gasteiger partial charge in [-0.3, -0.25) is 0 Å². The highest BCUT2D eigenvalue weighted by atomic mass is 16.7. The number of rotatable bonds is 3. The first-order valence-electron chi connectivity index (χ1n) is 6.39. The van der Waals surface area contributed by atoms with E-state index in [2.05, 4.69) is 15.4 Å². The molecular weight excluding hydrogens is 244 g/mol. The molecule has 0 radical (unpaired) electrons. The fourth-order valence-corrected chi connectivity index (χ4v) is 2.26. The van der Waals surface area contributed by atoms with E-state index in [4.69, 9.17) is 9.47 Å². The Morgan fingerprint density at radius 2 is 2.32 bits per heavy atom. The smallest absolute Gasteiger partial charge is 0.163 e. The predicted octanol–water partition coefficient (Wildman–Crippen LogP) is 1.60. The van der Waals surface area contributed by atoms with Crippen LogP contribution in [0.5, 0.6) is 0 Å². The molecule has 1 saturated heterocycles. The van der Waals surface area contributed by atoms with Crippen molar-refractivity contribution < 1.29 is 9.47 Å². The Balaban J connectivity index is 1.73. The summed E-state index contributed by atoms with van der Waals surface area (Å²) < 4.78 is 13.1. The second-order valence-corrected chi connectivity index (χ2v) is 5.28. The minimum absolute atomic E-state index is 0.0501. The summed E-state index contributed by atoms with van der Waals surface area (Å²) in [6.07, 6.45) is 1.60. The molecule has 1 aliphatic rings. The maximum Gasteiger partial charge on any atom is 0.163 e. The number of aryl methyl sites for hydroxylation is 1. The van der Waals surface area contributed by atoms with E-state index in [0.717, 1.165) is 17.0 Å². The van der Waals surface area contributed by atoms with Crippen LogP contribution in [-0.4, -0.2) is 39.6 Å². The summed E-state index contributed by atoms with van der Waals surface area (Å²) in [4.78, 5) is 4.20. The molecule has 3 rings (SSSR count). The Labute approximate surface area is 111 Å². The summed E-state index contributed by atoms with van der Waals surface area (Å²) in [6, 6.07) is 4.04. The Morgan fingerprint density at radius 3 is 3.05 bits per heavy atom. The highest BCUT2D eigenvalue weighted by molar-refractivity contribution is 5.51. The van der Waals surface area contributed by atoms with Crippen LogP contribution in [-0.2, 0) is 9.47 Å². The molecule has 2 aromatic rings. The molecule has 3 heterocycles. The minimum atomic E-state index is -0.485. The van der Waals surface area contributed by atoms with Gasteiger partial charge in [-0.15, -0.1) is 0 Å². The predicted molar refractivity (Wildman–Crippen MR) is 71.1 cm³/mol. The lowest BCUT2D eigenvalue weighted by Crippen LogP contribution is -2.26. The molecule has 0 saturated carbocycles. The van der Waals surface area contributed by atoms with Gasteiger partial charge in [0.05, 0.1) is 6.61 Å². The normalized spacial score (nSPS) is 21.9. The lowest BCUT2D eigenvalue weighted by molar-refractivity contribution is -0.136. The Bertz CT molecular complexity index is 593. The van der Waals surface area contributed by atoms with Gasteiger partial charge in [-0.25, -0.2) is 4.98 Å². The van der Waals surface area contributed by atoms with Gasteiger partial charge in [0.25, 0.3) is 0 Å². The second-order valence-electron chi connectivity index (χ2n) is 5.28. The zero-order chi connectivity index (χ0) is 13.5. The molecule has 0 amide bonds. The molecule has 2 aromatic heterocycles. The summed E-state index contributed by atoms with van der Waals surface area (Å²) in [5.74, 6) is 0.433. The van der Waals surface area contributed by atoms with Crippen LogP contribution in [0.1, 0.15) is 19.4 Å². The summed E-state index contributed by atoms with van der Waals surface area (Å²) >= 11 is 0. The number of anilines is 1. The van der Waals surface area contributed by atoms with Crippen molar-refractivity contribution in [3.05, 3.63) is 24.0 Å². The molecule has 0 spiro atoms. The van der Waals surface area contributed by atoms with Gasteiger partial charge >= 0.3 is 0 Å². The van der Waals surface area contributed by atoms with E-state index >= 15 is 0 Å². The van der Waals surface area contributed by atoms with Gasteiger partial charge in [0, 0.05) is 6.54 Å². The van der Waals surface area contributed by atoms with E-state index in [1.165, 1.54) is 0 Å². The van der Waals surface area contributed by atoms with Crippen molar-refractivity contribution >= 4 is 11.5 Å². The van der Waals surface area contributed by atoms with E-state index in [9.17, 15) is 0 Å². The van der Waals surface area contributed by atoms with Crippen LogP contribution in [0.15, 0.2) is 18.5 Å². The van der Waals surface area contributed by atoms with Crippen molar-refractivity contribution in [2.75, 3.05) is 18.5 Å². The van der Waals surface area contributed by atoms with E-state index in [-0.39, 0.29) is 6.10 Å². The molecule has 6 nitrogen and oxygen atoms in total. The summed E-state index contributed by atoms with van der Waals surface area (Å²) in [6.45, 7) is 7.18. The van der Waals surface area contributed by atoms with E-state index < -0.39 is 5.79 Å². The molecule has 1 unspecified atom stereocenters. The maximum absolute atomic E-state index is 5.76. The first kappa shape index (κ1) is 12.4. The Hall–Kier alpha value is -1.66. The lowest BCUT2D eigenvalue weighted by Gasteiger charge is -2.17. The van der Waals surface area contributed by atoms with Crippen LogP contribution in [0.4, 0.5) is 5.82 Å². The number of aromatic nitrogens is 3. The summed E-state index contributed by atoms with van der Waals surface area (Å²) in [7, 11) is 0. The number of fused-ring (bicyclic) bond motifs is 1. The van der Waals surface area contributed by atoms with Crippen LogP contribution >= 0.6 is 0 Å². The maximum atomic E-state index is 5.76. The first-order valence-corrected chi connectivity index (χ1v) is 6.39. The van der Waals surface area contributed by atoms with Gasteiger partial charge in [0.1, 0.15) is 18.2 Å². The largest absolute Gasteiger partial charge is 0.367 e. The van der Waals surface area contributed by atoms with Crippen LogP contribution < -0.4 is 5.32 Å². The zero-order valence-electron chi connectivity index (χ0n) is 11.4. The highest BCUT2D eigenvalue weighted by Gasteiger charge is 2.32. The molecule has 19 heavy (non-hydrogen) atoms. The van der Waals surface area contributed by atoms with Crippen LogP contribution in [0.25, 0.3) is 5.65 Å². The van der Waals surface area contributed by atoms with Crippen LogP contribution in [0.2, 0.25) is 0 Å². The number of ether oxygens (including phenoxy) is 2. The fourth-order valence-electron chi connectivity index (χ4n) is 2.26. The second kappa shape index (κ2) is 4.47. The minimum Gasteiger partial charge on any atom is -0.367 e. The van der Waals surface area contributed by atoms with Gasteiger partial charge in [0.2, 0.25) is 0 Å².